The van der Waals surface area contributed by atoms with Gasteiger partial charge in [0, 0.05) is 28.3 Å². The highest BCUT2D eigenvalue weighted by molar-refractivity contribution is 6.06. The van der Waals surface area contributed by atoms with Gasteiger partial charge >= 0.3 is 24.1 Å². The van der Waals surface area contributed by atoms with Gasteiger partial charge in [0.15, 0.2) is 6.61 Å². The molecule has 2 rings (SSSR count). The summed E-state index contributed by atoms with van der Waals surface area (Å²) in [4.78, 5) is 51.2. The number of Topliss-reactive ketones (excluding diaryl/α,β-unsaturated/α-hetero) is 1. The monoisotopic (exact) mass is 514 g/mol. The summed E-state index contributed by atoms with van der Waals surface area (Å²) in [5.74, 6) is -5.08. The summed E-state index contributed by atoms with van der Waals surface area (Å²) in [6.45, 7) is 6.86. The standard InChI is InChI=1S/C24H29F3N2O7/c1-7-34-21(31)18-13(4)28-14(5)19(22(32)35-8-2)20(18)23(33)36-10-17(30)16-9-12(3)29(15(16)6)11-24(25,26)27/h9,20,28H,7-8,10-11H2,1-6H3. The minimum Gasteiger partial charge on any atom is -0.463 e. The number of ketones is 1. The number of alkyl halides is 3. The number of rotatable bonds is 9. The van der Waals surface area contributed by atoms with E-state index < -0.39 is 48.9 Å². The average molecular weight is 514 g/mol. The van der Waals surface area contributed by atoms with Crippen molar-refractivity contribution in [2.24, 2.45) is 5.92 Å². The summed E-state index contributed by atoms with van der Waals surface area (Å²) in [5.41, 5.74) is 0.399. The van der Waals surface area contributed by atoms with Crippen molar-refractivity contribution in [1.82, 2.24) is 9.88 Å². The summed E-state index contributed by atoms with van der Waals surface area (Å²) in [6, 6.07) is 1.28. The Kier molecular flexibility index (Phi) is 9.11. The molecular weight excluding hydrogens is 485 g/mol. The summed E-state index contributed by atoms with van der Waals surface area (Å²) >= 11 is 0. The molecule has 0 saturated heterocycles. The van der Waals surface area contributed by atoms with Crippen LogP contribution in [0.25, 0.3) is 0 Å². The van der Waals surface area contributed by atoms with Crippen molar-refractivity contribution in [3.05, 3.63) is 45.6 Å². The molecule has 0 fully saturated rings. The highest BCUT2D eigenvalue weighted by Crippen LogP contribution is 2.33. The number of hydrogen-bond donors (Lipinski definition) is 1. The lowest BCUT2D eigenvalue weighted by Crippen LogP contribution is -2.38. The summed E-state index contributed by atoms with van der Waals surface area (Å²) in [5, 5.41) is 2.86. The first-order chi connectivity index (χ1) is 16.7. The Morgan fingerprint density at radius 3 is 1.86 bits per heavy atom. The third kappa shape index (κ3) is 6.35. The smallest absolute Gasteiger partial charge is 0.406 e. The van der Waals surface area contributed by atoms with Gasteiger partial charge in [-0.15, -0.1) is 0 Å². The van der Waals surface area contributed by atoms with E-state index in [1.54, 1.807) is 13.8 Å². The lowest BCUT2D eigenvalue weighted by molar-refractivity contribution is -0.151. The molecule has 198 valence electrons. The first-order valence-electron chi connectivity index (χ1n) is 11.2. The lowest BCUT2D eigenvalue weighted by Gasteiger charge is -2.28. The van der Waals surface area contributed by atoms with Gasteiger partial charge in [0.1, 0.15) is 12.5 Å². The number of aryl methyl sites for hydroxylation is 1. The van der Waals surface area contributed by atoms with Crippen LogP contribution in [0.3, 0.4) is 0 Å². The number of halogens is 3. The van der Waals surface area contributed by atoms with Crippen molar-refractivity contribution in [1.29, 1.82) is 0 Å². The van der Waals surface area contributed by atoms with Crippen molar-refractivity contribution < 1.29 is 46.6 Å². The number of dihydropyridines is 1. The number of nitrogens with one attached hydrogen (secondary N) is 1. The van der Waals surface area contributed by atoms with E-state index in [0.717, 1.165) is 4.57 Å². The van der Waals surface area contributed by atoms with Crippen molar-refractivity contribution in [2.75, 3.05) is 19.8 Å². The fourth-order valence-electron chi connectivity index (χ4n) is 3.99. The van der Waals surface area contributed by atoms with Crippen LogP contribution in [0.2, 0.25) is 0 Å². The normalized spacial score (nSPS) is 14.5. The molecule has 0 bridgehead atoms. The molecule has 1 aromatic rings. The van der Waals surface area contributed by atoms with E-state index in [1.165, 1.54) is 33.8 Å². The van der Waals surface area contributed by atoms with Crippen molar-refractivity contribution in [3.63, 3.8) is 0 Å². The zero-order chi connectivity index (χ0) is 27.4. The first kappa shape index (κ1) is 28.7. The molecule has 1 aliphatic heterocycles. The van der Waals surface area contributed by atoms with Gasteiger partial charge in [0.05, 0.1) is 24.4 Å². The highest BCUT2D eigenvalue weighted by atomic mass is 19.4. The van der Waals surface area contributed by atoms with Crippen LogP contribution in [0.15, 0.2) is 28.6 Å². The maximum atomic E-state index is 13.2. The molecule has 0 aromatic carbocycles. The number of carbonyl (C=O) groups is 4. The van der Waals surface area contributed by atoms with Gasteiger partial charge < -0.3 is 24.1 Å². The van der Waals surface area contributed by atoms with E-state index in [1.807, 2.05) is 0 Å². The quantitative estimate of drug-likeness (QED) is 0.304. The second-order valence-electron chi connectivity index (χ2n) is 8.09. The van der Waals surface area contributed by atoms with E-state index in [-0.39, 0.29) is 52.7 Å². The minimum absolute atomic E-state index is 0.000839. The molecule has 0 spiro atoms. The van der Waals surface area contributed by atoms with E-state index in [2.05, 4.69) is 5.32 Å². The number of aromatic nitrogens is 1. The lowest BCUT2D eigenvalue weighted by atomic mass is 9.85. The van der Waals surface area contributed by atoms with E-state index in [4.69, 9.17) is 14.2 Å². The SMILES string of the molecule is CCOC(=O)C1=C(C)NC(C)=C(C(=O)OCC)C1C(=O)OCC(=O)c1cc(C)n(CC(F)(F)F)c1C. The summed E-state index contributed by atoms with van der Waals surface area (Å²) < 4.78 is 54.9. The Morgan fingerprint density at radius 2 is 1.42 bits per heavy atom. The molecule has 0 atom stereocenters. The molecule has 0 unspecified atom stereocenters. The van der Waals surface area contributed by atoms with Crippen LogP contribution in [-0.4, -0.2) is 54.3 Å². The van der Waals surface area contributed by atoms with E-state index in [0.29, 0.717) is 0 Å². The van der Waals surface area contributed by atoms with Crippen LogP contribution in [-0.2, 0) is 35.1 Å². The van der Waals surface area contributed by atoms with Gasteiger partial charge in [-0.2, -0.15) is 13.2 Å². The molecule has 12 heteroatoms. The Bertz CT molecular complexity index is 1090. The number of esters is 3. The van der Waals surface area contributed by atoms with Crippen LogP contribution in [0, 0.1) is 19.8 Å². The van der Waals surface area contributed by atoms with E-state index >= 15 is 0 Å². The molecule has 0 radical (unpaired) electrons. The molecule has 36 heavy (non-hydrogen) atoms. The van der Waals surface area contributed by atoms with Crippen LogP contribution in [0.4, 0.5) is 13.2 Å². The topological polar surface area (TPSA) is 113 Å². The number of carbonyl (C=O) groups excluding carboxylic acids is 4. The number of hydrogen-bond acceptors (Lipinski definition) is 8. The number of nitrogens with zero attached hydrogens (tertiary/aromatic N) is 1. The van der Waals surface area contributed by atoms with Crippen molar-refractivity contribution in [2.45, 2.75) is 54.3 Å². The zero-order valence-corrected chi connectivity index (χ0v) is 20.9. The van der Waals surface area contributed by atoms with Crippen LogP contribution in [0.1, 0.15) is 49.4 Å². The Labute approximate surface area is 206 Å². The summed E-state index contributed by atoms with van der Waals surface area (Å²) in [7, 11) is 0. The van der Waals surface area contributed by atoms with Gasteiger partial charge in [0.2, 0.25) is 5.78 Å². The number of ether oxygens (including phenoxy) is 3. The molecular formula is C24H29F3N2O7. The fourth-order valence-corrected chi connectivity index (χ4v) is 3.99. The molecule has 0 amide bonds. The van der Waals surface area contributed by atoms with Gasteiger partial charge in [-0.05, 0) is 47.6 Å². The molecule has 1 N–H and O–H groups in total. The molecule has 9 nitrogen and oxygen atoms in total. The second kappa shape index (κ2) is 11.4. The molecule has 0 saturated carbocycles. The van der Waals surface area contributed by atoms with Gasteiger partial charge in [-0.25, -0.2) is 9.59 Å². The summed E-state index contributed by atoms with van der Waals surface area (Å²) in [6.07, 6.45) is -4.49. The largest absolute Gasteiger partial charge is 0.463 e. The van der Waals surface area contributed by atoms with Crippen LogP contribution >= 0.6 is 0 Å². The Balaban J connectivity index is 2.35. The number of allylic oxidation sites excluding steroid dienone is 2. The van der Waals surface area contributed by atoms with Crippen molar-refractivity contribution >= 4 is 23.7 Å². The maximum Gasteiger partial charge on any atom is 0.406 e. The average Bonchev–Trinajstić information content (AvgIpc) is 3.04. The Hall–Kier alpha value is -3.57. The molecule has 1 aliphatic rings. The van der Waals surface area contributed by atoms with Crippen molar-refractivity contribution in [3.8, 4) is 0 Å². The van der Waals surface area contributed by atoms with Crippen LogP contribution < -0.4 is 5.32 Å². The maximum absolute atomic E-state index is 13.2. The van der Waals surface area contributed by atoms with Gasteiger partial charge in [-0.3, -0.25) is 9.59 Å². The fraction of sp³-hybridized carbons (Fsp3) is 0.500. The second-order valence-corrected chi connectivity index (χ2v) is 8.09. The minimum atomic E-state index is -4.49. The predicted octanol–water partition coefficient (Wildman–Crippen LogP) is 3.29. The molecule has 1 aromatic heterocycles. The Morgan fingerprint density at radius 1 is 0.917 bits per heavy atom. The van der Waals surface area contributed by atoms with E-state index in [9.17, 15) is 32.3 Å². The predicted molar refractivity (Wildman–Crippen MR) is 121 cm³/mol. The highest BCUT2D eigenvalue weighted by Gasteiger charge is 2.42. The molecule has 2 heterocycles. The third-order valence-electron chi connectivity index (χ3n) is 5.54. The third-order valence-corrected chi connectivity index (χ3v) is 5.54. The first-order valence-corrected chi connectivity index (χ1v) is 11.2. The molecule has 0 aliphatic carbocycles. The van der Waals surface area contributed by atoms with Gasteiger partial charge in [0.25, 0.3) is 0 Å². The van der Waals surface area contributed by atoms with Gasteiger partial charge in [-0.1, -0.05) is 0 Å². The van der Waals surface area contributed by atoms with Crippen LogP contribution in [0.5, 0.6) is 0 Å². The zero-order valence-electron chi connectivity index (χ0n) is 20.9.